The highest BCUT2D eigenvalue weighted by atomic mass is 35.5. The van der Waals surface area contributed by atoms with Gasteiger partial charge in [0.1, 0.15) is 0 Å². The van der Waals surface area contributed by atoms with Gasteiger partial charge in [0.15, 0.2) is 17.3 Å². The second kappa shape index (κ2) is 9.34. The molecule has 1 aromatic carbocycles. The van der Waals surface area contributed by atoms with Crippen LogP contribution in [0.5, 0.6) is 0 Å². The van der Waals surface area contributed by atoms with Gasteiger partial charge in [-0.2, -0.15) is 0 Å². The summed E-state index contributed by atoms with van der Waals surface area (Å²) in [5, 5.41) is 3.76. The number of likely N-dealkylation sites (tertiary alicyclic amines) is 1. The molecule has 0 bridgehead atoms. The smallest absolute Gasteiger partial charge is 0.257 e. The molecule has 0 saturated carbocycles. The van der Waals surface area contributed by atoms with Crippen molar-refractivity contribution in [3.8, 4) is 0 Å². The highest BCUT2D eigenvalue weighted by Crippen LogP contribution is 2.30. The average molecular weight is 433 g/mol. The van der Waals surface area contributed by atoms with Crippen LogP contribution >= 0.6 is 12.4 Å². The summed E-state index contributed by atoms with van der Waals surface area (Å²) < 4.78 is 27.1. The standard InChI is InChI=1S/C22H22F2N4O.ClH/c1-14-6-8-16-20(27-15-7-9-18(23)19(24)12-15)17(13-25-21(16)26-14)22(29)28-10-4-2-3-5-11-28;/h6-9,12-13H,2-5,10-11H2,1H3,(H,25,26,27);1H. The van der Waals surface area contributed by atoms with Crippen molar-refractivity contribution in [3.63, 3.8) is 0 Å². The van der Waals surface area contributed by atoms with E-state index >= 15 is 0 Å². The van der Waals surface area contributed by atoms with E-state index in [0.717, 1.165) is 43.5 Å². The first-order chi connectivity index (χ1) is 14.0. The molecule has 0 atom stereocenters. The molecular weight excluding hydrogens is 410 g/mol. The predicted molar refractivity (Wildman–Crippen MR) is 116 cm³/mol. The molecule has 1 aliphatic rings. The first kappa shape index (κ1) is 21.9. The molecule has 0 unspecified atom stereocenters. The first-order valence-electron chi connectivity index (χ1n) is 9.80. The number of fused-ring (bicyclic) bond motifs is 1. The molecule has 4 rings (SSSR count). The minimum absolute atomic E-state index is 0. The molecule has 158 valence electrons. The van der Waals surface area contributed by atoms with E-state index in [-0.39, 0.29) is 18.3 Å². The van der Waals surface area contributed by atoms with Crippen LogP contribution in [-0.2, 0) is 0 Å². The molecule has 2 aromatic heterocycles. The van der Waals surface area contributed by atoms with Crippen LogP contribution in [0.15, 0.2) is 36.5 Å². The fourth-order valence-corrected chi connectivity index (χ4v) is 3.63. The summed E-state index contributed by atoms with van der Waals surface area (Å²) in [5.74, 6) is -2.00. The monoisotopic (exact) mass is 432 g/mol. The number of aryl methyl sites for hydroxylation is 1. The van der Waals surface area contributed by atoms with Crippen molar-refractivity contribution in [1.82, 2.24) is 14.9 Å². The molecule has 0 aliphatic carbocycles. The van der Waals surface area contributed by atoms with Gasteiger partial charge in [0.05, 0.1) is 11.3 Å². The molecule has 30 heavy (non-hydrogen) atoms. The molecule has 1 fully saturated rings. The third-order valence-electron chi connectivity index (χ3n) is 5.18. The van der Waals surface area contributed by atoms with Crippen LogP contribution in [0, 0.1) is 18.6 Å². The van der Waals surface area contributed by atoms with Crippen LogP contribution in [-0.4, -0.2) is 33.9 Å². The van der Waals surface area contributed by atoms with Crippen molar-refractivity contribution in [1.29, 1.82) is 0 Å². The third-order valence-corrected chi connectivity index (χ3v) is 5.18. The number of hydrogen-bond donors (Lipinski definition) is 1. The minimum Gasteiger partial charge on any atom is -0.354 e. The highest BCUT2D eigenvalue weighted by molar-refractivity contribution is 6.07. The Hall–Kier alpha value is -2.80. The van der Waals surface area contributed by atoms with Gasteiger partial charge in [-0.3, -0.25) is 4.79 Å². The average Bonchev–Trinajstić information content (AvgIpc) is 3.00. The van der Waals surface area contributed by atoms with Gasteiger partial charge < -0.3 is 10.2 Å². The summed E-state index contributed by atoms with van der Waals surface area (Å²) in [6, 6.07) is 7.24. The number of rotatable bonds is 3. The predicted octanol–water partition coefficient (Wildman–Crippen LogP) is 5.40. The number of halogens is 3. The van der Waals surface area contributed by atoms with E-state index in [0.29, 0.717) is 41.1 Å². The third kappa shape index (κ3) is 4.51. The van der Waals surface area contributed by atoms with E-state index in [4.69, 9.17) is 0 Å². The van der Waals surface area contributed by atoms with Gasteiger partial charge in [-0.25, -0.2) is 18.7 Å². The zero-order chi connectivity index (χ0) is 20.4. The largest absolute Gasteiger partial charge is 0.354 e. The Balaban J connectivity index is 0.00000256. The van der Waals surface area contributed by atoms with Crippen LogP contribution in [0.2, 0.25) is 0 Å². The highest BCUT2D eigenvalue weighted by Gasteiger charge is 2.23. The van der Waals surface area contributed by atoms with Gasteiger partial charge in [-0.1, -0.05) is 12.8 Å². The zero-order valence-electron chi connectivity index (χ0n) is 16.6. The number of nitrogens with one attached hydrogen (secondary N) is 1. The van der Waals surface area contributed by atoms with Gasteiger partial charge in [0, 0.05) is 42.1 Å². The van der Waals surface area contributed by atoms with Crippen LogP contribution in [0.3, 0.4) is 0 Å². The Labute approximate surface area is 179 Å². The summed E-state index contributed by atoms with van der Waals surface area (Å²) in [6.07, 6.45) is 5.69. The molecule has 0 spiro atoms. The first-order valence-corrected chi connectivity index (χ1v) is 9.80. The zero-order valence-corrected chi connectivity index (χ0v) is 17.4. The molecule has 1 N–H and O–H groups in total. The van der Waals surface area contributed by atoms with Crippen molar-refractivity contribution in [2.45, 2.75) is 32.6 Å². The van der Waals surface area contributed by atoms with Gasteiger partial charge in [-0.05, 0) is 44.0 Å². The number of benzene rings is 1. The maximum absolute atomic E-state index is 13.7. The second-order valence-corrected chi connectivity index (χ2v) is 7.33. The van der Waals surface area contributed by atoms with Crippen LogP contribution in [0.4, 0.5) is 20.2 Å². The van der Waals surface area contributed by atoms with Gasteiger partial charge in [-0.15, -0.1) is 12.4 Å². The number of amides is 1. The maximum atomic E-state index is 13.7. The lowest BCUT2D eigenvalue weighted by Crippen LogP contribution is -2.32. The Morgan fingerprint density at radius 2 is 1.77 bits per heavy atom. The van der Waals surface area contributed by atoms with Crippen LogP contribution in [0.1, 0.15) is 41.7 Å². The number of carbonyl (C=O) groups excluding carboxylic acids is 1. The number of carbonyl (C=O) groups is 1. The summed E-state index contributed by atoms with van der Waals surface area (Å²) in [5.41, 5.74) is 2.54. The molecule has 1 saturated heterocycles. The van der Waals surface area contributed by atoms with Crippen molar-refractivity contribution >= 4 is 40.7 Å². The van der Waals surface area contributed by atoms with E-state index in [1.54, 1.807) is 0 Å². The molecule has 5 nitrogen and oxygen atoms in total. The summed E-state index contributed by atoms with van der Waals surface area (Å²) in [4.78, 5) is 23.9. The number of anilines is 2. The lowest BCUT2D eigenvalue weighted by Gasteiger charge is -2.22. The quantitative estimate of drug-likeness (QED) is 0.602. The molecule has 3 aromatic rings. The molecule has 0 radical (unpaired) electrons. The number of aromatic nitrogens is 2. The minimum atomic E-state index is -0.956. The Bertz CT molecular complexity index is 1070. The molecule has 1 amide bonds. The fourth-order valence-electron chi connectivity index (χ4n) is 3.63. The van der Waals surface area contributed by atoms with E-state index in [2.05, 4.69) is 15.3 Å². The molecule has 3 heterocycles. The lowest BCUT2D eigenvalue weighted by molar-refractivity contribution is 0.0762. The Kier molecular flexibility index (Phi) is 6.82. The SMILES string of the molecule is Cc1ccc2c(Nc3ccc(F)c(F)c3)c(C(=O)N3CCCCCC3)cnc2n1.Cl. The second-order valence-electron chi connectivity index (χ2n) is 7.33. The Morgan fingerprint density at radius 1 is 1.03 bits per heavy atom. The van der Waals surface area contributed by atoms with Crippen molar-refractivity contribution in [2.75, 3.05) is 18.4 Å². The molecule has 1 aliphatic heterocycles. The van der Waals surface area contributed by atoms with Crippen molar-refractivity contribution < 1.29 is 13.6 Å². The van der Waals surface area contributed by atoms with E-state index in [1.165, 1.54) is 12.3 Å². The van der Waals surface area contributed by atoms with E-state index in [1.807, 2.05) is 24.0 Å². The topological polar surface area (TPSA) is 58.1 Å². The van der Waals surface area contributed by atoms with E-state index in [9.17, 15) is 13.6 Å². The van der Waals surface area contributed by atoms with Crippen LogP contribution < -0.4 is 5.32 Å². The van der Waals surface area contributed by atoms with Gasteiger partial charge in [0.25, 0.3) is 5.91 Å². The molecular formula is C22H23ClF2N4O. The summed E-state index contributed by atoms with van der Waals surface area (Å²) >= 11 is 0. The van der Waals surface area contributed by atoms with Crippen molar-refractivity contribution in [2.24, 2.45) is 0 Å². The van der Waals surface area contributed by atoms with Crippen molar-refractivity contribution in [3.05, 3.63) is 59.4 Å². The number of hydrogen-bond acceptors (Lipinski definition) is 4. The number of nitrogens with zero attached hydrogens (tertiary/aromatic N) is 3. The van der Waals surface area contributed by atoms with Gasteiger partial charge >= 0.3 is 0 Å². The molecule has 8 heteroatoms. The lowest BCUT2D eigenvalue weighted by atomic mass is 10.1. The normalized spacial score (nSPS) is 14.2. The van der Waals surface area contributed by atoms with Gasteiger partial charge in [0.2, 0.25) is 0 Å². The number of pyridine rings is 2. The van der Waals surface area contributed by atoms with E-state index < -0.39 is 11.6 Å². The van der Waals surface area contributed by atoms with Crippen LogP contribution in [0.25, 0.3) is 11.0 Å². The maximum Gasteiger partial charge on any atom is 0.257 e. The summed E-state index contributed by atoms with van der Waals surface area (Å²) in [6.45, 7) is 3.27. The Morgan fingerprint density at radius 3 is 2.47 bits per heavy atom. The summed E-state index contributed by atoms with van der Waals surface area (Å²) in [7, 11) is 0. The fraction of sp³-hybridized carbons (Fsp3) is 0.318.